The van der Waals surface area contributed by atoms with Crippen LogP contribution in [0.3, 0.4) is 0 Å². The molecule has 2 heterocycles. The van der Waals surface area contributed by atoms with Gasteiger partial charge in [-0.05, 0) is 44.0 Å². The van der Waals surface area contributed by atoms with Gasteiger partial charge in [0.2, 0.25) is 11.8 Å². The predicted octanol–water partition coefficient (Wildman–Crippen LogP) is 3.14. The number of benzene rings is 2. The number of H-pyrrole nitrogens is 2. The molecule has 0 saturated heterocycles. The fourth-order valence-corrected chi connectivity index (χ4v) is 5.20. The molecule has 0 saturated carbocycles. The van der Waals surface area contributed by atoms with Crippen LogP contribution in [0.25, 0.3) is 33.2 Å². The Morgan fingerprint density at radius 1 is 0.733 bits per heavy atom. The SMILES string of the molecule is COC(=O)[C@H](Cc1c(-c2[nH]c3ccccc3c2C[C@H](NC(C)=O)C(=O)NNC(=O)OC(C)(C)C)[nH]c2ccccc12)NC(C)=O. The Hall–Kier alpha value is -5.33. The van der Waals surface area contributed by atoms with E-state index in [-0.39, 0.29) is 18.7 Å². The van der Waals surface area contributed by atoms with Gasteiger partial charge in [0.15, 0.2) is 0 Å². The molecule has 13 nitrogen and oxygen atoms in total. The molecule has 2 aromatic heterocycles. The lowest BCUT2D eigenvalue weighted by molar-refractivity contribution is -0.144. The topological polar surface area (TPSA) is 184 Å². The van der Waals surface area contributed by atoms with Crippen LogP contribution in [-0.2, 0) is 41.5 Å². The first kappa shape index (κ1) is 32.6. The second-order valence-corrected chi connectivity index (χ2v) is 11.6. The fourth-order valence-electron chi connectivity index (χ4n) is 5.20. The number of para-hydroxylation sites is 2. The number of carbonyl (C=O) groups excluding carboxylic acids is 5. The molecule has 13 heteroatoms. The van der Waals surface area contributed by atoms with Crippen molar-refractivity contribution in [3.05, 3.63) is 59.7 Å². The largest absolute Gasteiger partial charge is 0.467 e. The molecule has 0 aliphatic carbocycles. The number of carbonyl (C=O) groups is 5. The summed E-state index contributed by atoms with van der Waals surface area (Å²) in [7, 11) is 1.26. The van der Waals surface area contributed by atoms with Crippen molar-refractivity contribution >= 4 is 51.6 Å². The summed E-state index contributed by atoms with van der Waals surface area (Å²) in [4.78, 5) is 69.3. The molecule has 6 N–H and O–H groups in total. The highest BCUT2D eigenvalue weighted by Crippen LogP contribution is 2.37. The van der Waals surface area contributed by atoms with E-state index in [0.29, 0.717) is 17.0 Å². The van der Waals surface area contributed by atoms with Crippen LogP contribution in [0.2, 0.25) is 0 Å². The van der Waals surface area contributed by atoms with Gasteiger partial charge >= 0.3 is 12.1 Å². The Labute approximate surface area is 259 Å². The maximum atomic E-state index is 13.3. The van der Waals surface area contributed by atoms with Crippen LogP contribution in [-0.4, -0.2) is 64.5 Å². The highest BCUT2D eigenvalue weighted by molar-refractivity contribution is 5.97. The third-order valence-electron chi connectivity index (χ3n) is 6.94. The summed E-state index contributed by atoms with van der Waals surface area (Å²) in [6.07, 6.45) is -0.718. The van der Waals surface area contributed by atoms with Gasteiger partial charge in [-0.15, -0.1) is 0 Å². The minimum absolute atomic E-state index is 0.0295. The molecule has 0 radical (unpaired) electrons. The fraction of sp³-hybridized carbons (Fsp3) is 0.344. The number of esters is 1. The second kappa shape index (κ2) is 13.5. The number of fused-ring (bicyclic) bond motifs is 2. The van der Waals surface area contributed by atoms with Crippen LogP contribution in [0.5, 0.6) is 0 Å². The van der Waals surface area contributed by atoms with Crippen LogP contribution < -0.4 is 21.5 Å². The average molecular weight is 619 g/mol. The molecular formula is C32H38N6O7. The molecule has 238 valence electrons. The molecule has 0 bridgehead atoms. The minimum atomic E-state index is -1.09. The maximum Gasteiger partial charge on any atom is 0.426 e. The predicted molar refractivity (Wildman–Crippen MR) is 168 cm³/mol. The van der Waals surface area contributed by atoms with Crippen molar-refractivity contribution in [1.29, 1.82) is 0 Å². The lowest BCUT2D eigenvalue weighted by Gasteiger charge is -2.22. The summed E-state index contributed by atoms with van der Waals surface area (Å²) in [5.74, 6) is -2.10. The van der Waals surface area contributed by atoms with Crippen molar-refractivity contribution in [3.8, 4) is 11.4 Å². The van der Waals surface area contributed by atoms with Crippen molar-refractivity contribution in [1.82, 2.24) is 31.5 Å². The van der Waals surface area contributed by atoms with Crippen molar-refractivity contribution in [2.45, 2.75) is 65.1 Å². The van der Waals surface area contributed by atoms with Gasteiger partial charge in [-0.2, -0.15) is 0 Å². The summed E-state index contributed by atoms with van der Waals surface area (Å²) >= 11 is 0. The Morgan fingerprint density at radius 3 is 1.67 bits per heavy atom. The Bertz CT molecular complexity index is 1750. The van der Waals surface area contributed by atoms with E-state index in [4.69, 9.17) is 9.47 Å². The zero-order chi connectivity index (χ0) is 32.9. The molecule has 45 heavy (non-hydrogen) atoms. The van der Waals surface area contributed by atoms with E-state index < -0.39 is 41.6 Å². The lowest BCUT2D eigenvalue weighted by atomic mass is 9.96. The second-order valence-electron chi connectivity index (χ2n) is 11.6. The molecule has 0 aliphatic rings. The van der Waals surface area contributed by atoms with Crippen molar-refractivity contribution < 1.29 is 33.4 Å². The Kier molecular flexibility index (Phi) is 9.80. The number of aromatic nitrogens is 2. The van der Waals surface area contributed by atoms with Crippen LogP contribution in [0.1, 0.15) is 45.7 Å². The van der Waals surface area contributed by atoms with Gasteiger partial charge in [-0.1, -0.05) is 36.4 Å². The van der Waals surface area contributed by atoms with Gasteiger partial charge in [-0.3, -0.25) is 19.8 Å². The van der Waals surface area contributed by atoms with E-state index >= 15 is 0 Å². The number of ether oxygens (including phenoxy) is 2. The van der Waals surface area contributed by atoms with E-state index in [0.717, 1.165) is 27.4 Å². The van der Waals surface area contributed by atoms with Gasteiger partial charge < -0.3 is 30.1 Å². The Morgan fingerprint density at radius 2 is 1.20 bits per heavy atom. The van der Waals surface area contributed by atoms with Crippen LogP contribution in [0.15, 0.2) is 48.5 Å². The molecule has 4 aromatic rings. The highest BCUT2D eigenvalue weighted by Gasteiger charge is 2.29. The van der Waals surface area contributed by atoms with Crippen LogP contribution in [0, 0.1) is 0 Å². The first-order valence-corrected chi connectivity index (χ1v) is 14.4. The van der Waals surface area contributed by atoms with Crippen molar-refractivity contribution in [2.24, 2.45) is 0 Å². The van der Waals surface area contributed by atoms with Crippen LogP contribution >= 0.6 is 0 Å². The van der Waals surface area contributed by atoms with E-state index in [1.165, 1.54) is 21.0 Å². The number of nitrogens with one attached hydrogen (secondary N) is 6. The molecule has 0 unspecified atom stereocenters. The third-order valence-corrected chi connectivity index (χ3v) is 6.94. The van der Waals surface area contributed by atoms with Gasteiger partial charge in [0.1, 0.15) is 17.7 Å². The first-order valence-electron chi connectivity index (χ1n) is 14.4. The normalized spacial score (nSPS) is 12.7. The average Bonchev–Trinajstić information content (AvgIpc) is 3.51. The summed E-state index contributed by atoms with van der Waals surface area (Å²) in [5, 5.41) is 6.98. The van der Waals surface area contributed by atoms with Gasteiger partial charge in [-0.25, -0.2) is 15.0 Å². The molecule has 2 atom stereocenters. The quantitative estimate of drug-likeness (QED) is 0.123. The zero-order valence-corrected chi connectivity index (χ0v) is 26.0. The lowest BCUT2D eigenvalue weighted by Crippen LogP contribution is -2.53. The summed E-state index contributed by atoms with van der Waals surface area (Å²) < 4.78 is 10.2. The molecule has 0 aliphatic heterocycles. The summed E-state index contributed by atoms with van der Waals surface area (Å²) in [5.41, 5.74) is 8.03. The number of hydrazine groups is 1. The number of aromatic amines is 2. The number of methoxy groups -OCH3 is 1. The number of hydrogen-bond donors (Lipinski definition) is 6. The third kappa shape index (κ3) is 7.99. The van der Waals surface area contributed by atoms with E-state index in [9.17, 15) is 24.0 Å². The van der Waals surface area contributed by atoms with Gasteiger partial charge in [0.25, 0.3) is 5.91 Å². The smallest absolute Gasteiger partial charge is 0.426 e. The number of hydrogen-bond acceptors (Lipinski definition) is 7. The highest BCUT2D eigenvalue weighted by atomic mass is 16.6. The van der Waals surface area contributed by atoms with Crippen LogP contribution in [0.4, 0.5) is 4.79 Å². The number of rotatable bonds is 9. The molecule has 4 rings (SSSR count). The molecule has 4 amide bonds. The first-order chi connectivity index (χ1) is 21.3. The maximum absolute atomic E-state index is 13.3. The zero-order valence-electron chi connectivity index (χ0n) is 26.0. The molecule has 0 spiro atoms. The summed E-state index contributed by atoms with van der Waals surface area (Å²) in [6, 6.07) is 13.0. The number of amides is 4. The Balaban J connectivity index is 1.80. The molecule has 0 fully saturated rings. The minimum Gasteiger partial charge on any atom is -0.467 e. The molecular weight excluding hydrogens is 580 g/mol. The van der Waals surface area contributed by atoms with Gasteiger partial charge in [0, 0.05) is 48.5 Å². The van der Waals surface area contributed by atoms with E-state index in [2.05, 4.69) is 31.5 Å². The van der Waals surface area contributed by atoms with E-state index in [1.54, 1.807) is 20.8 Å². The summed E-state index contributed by atoms with van der Waals surface area (Å²) in [6.45, 7) is 7.69. The van der Waals surface area contributed by atoms with Crippen molar-refractivity contribution in [2.75, 3.05) is 7.11 Å². The monoisotopic (exact) mass is 618 g/mol. The van der Waals surface area contributed by atoms with Crippen molar-refractivity contribution in [3.63, 3.8) is 0 Å². The van der Waals surface area contributed by atoms with Gasteiger partial charge in [0.05, 0.1) is 18.5 Å². The molecule has 2 aromatic carbocycles. The standard InChI is InChI=1S/C32H38N6O7/c1-17(39)33-25(29(41)37-38-31(43)45-32(3,4)5)15-21-19-11-7-9-13-23(19)35-27(21)28-22(20-12-8-10-14-24(20)36-28)16-26(30(42)44-6)34-18(2)40/h7-14,25-26,35-36H,15-16H2,1-6H3,(H,33,39)(H,34,40)(H,37,41)(H,38,43)/t25-,26-/m0/s1. The van der Waals surface area contributed by atoms with E-state index in [1.807, 2.05) is 48.5 Å².